The number of ether oxygens (including phenoxy) is 1. The van der Waals surface area contributed by atoms with E-state index in [-0.39, 0.29) is 6.10 Å². The highest BCUT2D eigenvalue weighted by Crippen LogP contribution is 2.20. The van der Waals surface area contributed by atoms with Gasteiger partial charge < -0.3 is 9.64 Å². The van der Waals surface area contributed by atoms with E-state index < -0.39 is 0 Å². The lowest BCUT2D eigenvalue weighted by molar-refractivity contribution is 0.0843. The summed E-state index contributed by atoms with van der Waals surface area (Å²) in [5, 5.41) is 8.85. The summed E-state index contributed by atoms with van der Waals surface area (Å²) in [6.45, 7) is 6.66. The van der Waals surface area contributed by atoms with Gasteiger partial charge in [-0.25, -0.2) is 0 Å². The fourth-order valence-corrected chi connectivity index (χ4v) is 2.34. The van der Waals surface area contributed by atoms with Crippen LogP contribution in [0.25, 0.3) is 0 Å². The van der Waals surface area contributed by atoms with Gasteiger partial charge in [-0.3, -0.25) is 0 Å². The summed E-state index contributed by atoms with van der Waals surface area (Å²) >= 11 is 0. The van der Waals surface area contributed by atoms with E-state index in [1.54, 1.807) is 6.07 Å². The number of nitrogens with zero attached hydrogens (tertiary/aromatic N) is 2. The Hall–Kier alpha value is -1.53. The normalized spacial score (nSPS) is 17.7. The minimum atomic E-state index is 0.286. The van der Waals surface area contributed by atoms with Crippen LogP contribution < -0.4 is 4.74 Å². The Morgan fingerprint density at radius 3 is 2.67 bits per heavy atom. The number of nitriles is 1. The second-order valence-electron chi connectivity index (χ2n) is 5.09. The van der Waals surface area contributed by atoms with E-state index in [9.17, 15) is 0 Å². The van der Waals surface area contributed by atoms with Crippen molar-refractivity contribution in [1.29, 1.82) is 5.26 Å². The van der Waals surface area contributed by atoms with Gasteiger partial charge in [0, 0.05) is 19.1 Å². The molecule has 0 amide bonds. The van der Waals surface area contributed by atoms with Gasteiger partial charge in [0.2, 0.25) is 0 Å². The minimum absolute atomic E-state index is 0.286. The van der Waals surface area contributed by atoms with Crippen molar-refractivity contribution in [2.45, 2.75) is 38.8 Å². The van der Waals surface area contributed by atoms with E-state index in [0.717, 1.165) is 31.7 Å². The van der Waals surface area contributed by atoms with Crippen LogP contribution in [0.3, 0.4) is 0 Å². The highest BCUT2D eigenvalue weighted by molar-refractivity contribution is 5.36. The molecule has 0 aliphatic carbocycles. The first-order chi connectivity index (χ1) is 8.69. The summed E-state index contributed by atoms with van der Waals surface area (Å²) in [6.07, 6.45) is 2.41. The van der Waals surface area contributed by atoms with Gasteiger partial charge >= 0.3 is 0 Å². The molecule has 0 atom stereocenters. The first-order valence-corrected chi connectivity index (χ1v) is 6.60. The average molecular weight is 244 g/mol. The zero-order valence-corrected chi connectivity index (χ0v) is 11.1. The molecular weight excluding hydrogens is 224 g/mol. The third-order valence-electron chi connectivity index (χ3n) is 3.47. The molecule has 0 aromatic heterocycles. The molecule has 0 radical (unpaired) electrons. The van der Waals surface area contributed by atoms with Crippen LogP contribution in [0, 0.1) is 11.3 Å². The second-order valence-corrected chi connectivity index (χ2v) is 5.09. The molecule has 0 N–H and O–H groups in total. The quantitative estimate of drug-likeness (QED) is 0.820. The number of hydrogen-bond donors (Lipinski definition) is 0. The highest BCUT2D eigenvalue weighted by Gasteiger charge is 2.21. The Morgan fingerprint density at radius 2 is 2.06 bits per heavy atom. The number of benzene rings is 1. The van der Waals surface area contributed by atoms with Crippen molar-refractivity contribution >= 4 is 0 Å². The Morgan fingerprint density at radius 1 is 1.33 bits per heavy atom. The van der Waals surface area contributed by atoms with Gasteiger partial charge in [-0.2, -0.15) is 5.26 Å². The summed E-state index contributed by atoms with van der Waals surface area (Å²) in [7, 11) is 0. The van der Waals surface area contributed by atoms with E-state index in [1.807, 2.05) is 18.2 Å². The van der Waals surface area contributed by atoms with Gasteiger partial charge in [0.15, 0.2) is 0 Å². The zero-order valence-electron chi connectivity index (χ0n) is 11.1. The second kappa shape index (κ2) is 5.88. The number of rotatable bonds is 3. The lowest BCUT2D eigenvalue weighted by atomic mass is 10.1. The van der Waals surface area contributed by atoms with Crippen molar-refractivity contribution in [3.8, 4) is 11.8 Å². The Bertz CT molecular complexity index is 428. The topological polar surface area (TPSA) is 36.3 Å². The molecule has 1 aliphatic rings. The predicted octanol–water partition coefficient (Wildman–Crippen LogP) is 2.81. The van der Waals surface area contributed by atoms with Gasteiger partial charge in [-0.15, -0.1) is 0 Å². The van der Waals surface area contributed by atoms with Crippen molar-refractivity contribution in [1.82, 2.24) is 4.90 Å². The molecule has 0 spiro atoms. The van der Waals surface area contributed by atoms with E-state index in [4.69, 9.17) is 10.00 Å². The molecule has 3 nitrogen and oxygen atoms in total. The first-order valence-electron chi connectivity index (χ1n) is 6.60. The maximum Gasteiger partial charge on any atom is 0.121 e. The maximum absolute atomic E-state index is 8.85. The Kier molecular flexibility index (Phi) is 4.22. The van der Waals surface area contributed by atoms with Crippen molar-refractivity contribution in [2.24, 2.45) is 0 Å². The molecule has 96 valence electrons. The van der Waals surface area contributed by atoms with E-state index >= 15 is 0 Å². The van der Waals surface area contributed by atoms with Crippen molar-refractivity contribution in [2.75, 3.05) is 13.1 Å². The number of hydrogen-bond acceptors (Lipinski definition) is 3. The van der Waals surface area contributed by atoms with Crippen LogP contribution in [0.15, 0.2) is 24.3 Å². The molecule has 1 aromatic rings. The standard InChI is InChI=1S/C15H20N2O/c1-12(2)17-8-6-14(7-9-17)18-15-5-3-4-13(10-15)11-16/h3-5,10,12,14H,6-9H2,1-2H3. The van der Waals surface area contributed by atoms with Crippen molar-refractivity contribution in [3.63, 3.8) is 0 Å². The molecular formula is C15H20N2O. The average Bonchev–Trinajstić information content (AvgIpc) is 2.39. The van der Waals surface area contributed by atoms with Crippen LogP contribution in [0.2, 0.25) is 0 Å². The lowest BCUT2D eigenvalue weighted by Gasteiger charge is -2.34. The summed E-state index contributed by atoms with van der Waals surface area (Å²) < 4.78 is 5.95. The van der Waals surface area contributed by atoms with Crippen LogP contribution in [0.1, 0.15) is 32.3 Å². The van der Waals surface area contributed by atoms with Gasteiger partial charge in [0.05, 0.1) is 11.6 Å². The van der Waals surface area contributed by atoms with E-state index in [2.05, 4.69) is 24.8 Å². The molecule has 1 saturated heterocycles. The summed E-state index contributed by atoms with van der Waals surface area (Å²) in [5.74, 6) is 0.817. The maximum atomic E-state index is 8.85. The van der Waals surface area contributed by atoms with Crippen molar-refractivity contribution < 1.29 is 4.74 Å². The lowest BCUT2D eigenvalue weighted by Crippen LogP contribution is -2.41. The molecule has 1 fully saturated rings. The van der Waals surface area contributed by atoms with Crippen LogP contribution in [-0.4, -0.2) is 30.1 Å². The monoisotopic (exact) mass is 244 g/mol. The molecule has 2 rings (SSSR count). The van der Waals surface area contributed by atoms with Crippen LogP contribution in [0.5, 0.6) is 5.75 Å². The van der Waals surface area contributed by atoms with E-state index in [1.165, 1.54) is 0 Å². The Balaban J connectivity index is 1.90. The first kappa shape index (κ1) is 12.9. The molecule has 1 aliphatic heterocycles. The van der Waals surface area contributed by atoms with Gasteiger partial charge in [-0.05, 0) is 44.9 Å². The largest absolute Gasteiger partial charge is 0.490 e. The van der Waals surface area contributed by atoms with Gasteiger partial charge in [-0.1, -0.05) is 6.07 Å². The van der Waals surface area contributed by atoms with Gasteiger partial charge in [0.1, 0.15) is 11.9 Å². The Labute approximate surface area is 109 Å². The van der Waals surface area contributed by atoms with Crippen LogP contribution in [-0.2, 0) is 0 Å². The molecule has 1 aromatic carbocycles. The summed E-state index contributed by atoms with van der Waals surface area (Å²) in [4.78, 5) is 2.48. The highest BCUT2D eigenvalue weighted by atomic mass is 16.5. The third-order valence-corrected chi connectivity index (χ3v) is 3.47. The molecule has 1 heterocycles. The summed E-state index contributed by atoms with van der Waals surface area (Å²) in [5.41, 5.74) is 0.659. The third kappa shape index (κ3) is 3.24. The predicted molar refractivity (Wildman–Crippen MR) is 71.5 cm³/mol. The van der Waals surface area contributed by atoms with Crippen LogP contribution >= 0.6 is 0 Å². The SMILES string of the molecule is CC(C)N1CCC(Oc2cccc(C#N)c2)CC1. The molecule has 0 unspecified atom stereocenters. The van der Waals surface area contributed by atoms with Crippen LogP contribution in [0.4, 0.5) is 0 Å². The molecule has 3 heteroatoms. The number of piperidine rings is 1. The fraction of sp³-hybridized carbons (Fsp3) is 0.533. The molecule has 0 saturated carbocycles. The van der Waals surface area contributed by atoms with E-state index in [0.29, 0.717) is 11.6 Å². The fourth-order valence-electron chi connectivity index (χ4n) is 2.34. The number of likely N-dealkylation sites (tertiary alicyclic amines) is 1. The minimum Gasteiger partial charge on any atom is -0.490 e. The smallest absolute Gasteiger partial charge is 0.121 e. The zero-order chi connectivity index (χ0) is 13.0. The van der Waals surface area contributed by atoms with Gasteiger partial charge in [0.25, 0.3) is 0 Å². The van der Waals surface area contributed by atoms with Crippen molar-refractivity contribution in [3.05, 3.63) is 29.8 Å². The molecule has 18 heavy (non-hydrogen) atoms. The summed E-state index contributed by atoms with van der Waals surface area (Å²) in [6, 6.07) is 10.2. The molecule has 0 bridgehead atoms.